The zero-order chi connectivity index (χ0) is 11.4. The van der Waals surface area contributed by atoms with Crippen LogP contribution in [-0.4, -0.2) is 36.4 Å². The van der Waals surface area contributed by atoms with E-state index in [1.165, 1.54) is 19.3 Å². The van der Waals surface area contributed by atoms with Crippen LogP contribution in [0.15, 0.2) is 18.3 Å². The van der Waals surface area contributed by atoms with Crippen molar-refractivity contribution < 1.29 is 9.84 Å². The second kappa shape index (κ2) is 5.16. The number of aliphatic hydroxyl groups is 1. The van der Waals surface area contributed by atoms with E-state index in [4.69, 9.17) is 9.84 Å². The third kappa shape index (κ3) is 2.11. The first-order chi connectivity index (χ1) is 7.86. The van der Waals surface area contributed by atoms with Gasteiger partial charge in [0.25, 0.3) is 0 Å². The van der Waals surface area contributed by atoms with Crippen LogP contribution in [0.2, 0.25) is 0 Å². The molecule has 1 aromatic rings. The Labute approximate surface area is 95.9 Å². The number of methoxy groups -OCH3 is 1. The molecule has 0 unspecified atom stereocenters. The Morgan fingerprint density at radius 2 is 2.38 bits per heavy atom. The van der Waals surface area contributed by atoms with E-state index < -0.39 is 0 Å². The lowest BCUT2D eigenvalue weighted by Gasteiger charge is -2.38. The third-order valence-electron chi connectivity index (χ3n) is 3.10. The highest BCUT2D eigenvalue weighted by molar-refractivity contribution is 5.53. The smallest absolute Gasteiger partial charge is 0.171 e. The number of nitrogens with zero attached hydrogens (tertiary/aromatic N) is 2. The minimum atomic E-state index is 0.149. The van der Waals surface area contributed by atoms with E-state index in [2.05, 4.69) is 9.88 Å². The topological polar surface area (TPSA) is 45.6 Å². The fraction of sp³-hybridized carbons (Fsp3) is 0.583. The number of aromatic nitrogens is 1. The van der Waals surface area contributed by atoms with Crippen LogP contribution in [0.3, 0.4) is 0 Å². The summed E-state index contributed by atoms with van der Waals surface area (Å²) in [5, 5.41) is 9.12. The molecule has 1 aliphatic carbocycles. The van der Waals surface area contributed by atoms with Crippen molar-refractivity contribution in [2.45, 2.75) is 25.3 Å². The number of pyridine rings is 1. The normalized spacial score (nSPS) is 15.6. The van der Waals surface area contributed by atoms with Gasteiger partial charge in [-0.3, -0.25) is 0 Å². The van der Waals surface area contributed by atoms with Crippen molar-refractivity contribution in [3.05, 3.63) is 18.3 Å². The van der Waals surface area contributed by atoms with Crippen molar-refractivity contribution in [2.24, 2.45) is 0 Å². The quantitative estimate of drug-likeness (QED) is 0.819. The molecule has 0 spiro atoms. The van der Waals surface area contributed by atoms with Gasteiger partial charge in [0.05, 0.1) is 13.7 Å². The Kier molecular flexibility index (Phi) is 3.62. The van der Waals surface area contributed by atoms with Crippen molar-refractivity contribution >= 4 is 5.82 Å². The molecular formula is C12H18N2O2. The van der Waals surface area contributed by atoms with Gasteiger partial charge in [-0.15, -0.1) is 0 Å². The Morgan fingerprint density at radius 3 is 2.94 bits per heavy atom. The van der Waals surface area contributed by atoms with E-state index in [-0.39, 0.29) is 6.61 Å². The van der Waals surface area contributed by atoms with Crippen molar-refractivity contribution in [1.82, 2.24) is 4.98 Å². The average Bonchev–Trinajstić information content (AvgIpc) is 2.26. The van der Waals surface area contributed by atoms with Crippen LogP contribution in [0.25, 0.3) is 0 Å². The average molecular weight is 222 g/mol. The van der Waals surface area contributed by atoms with Crippen LogP contribution in [0, 0.1) is 0 Å². The van der Waals surface area contributed by atoms with Crippen LogP contribution in [0.5, 0.6) is 5.75 Å². The van der Waals surface area contributed by atoms with E-state index in [0.29, 0.717) is 12.6 Å². The summed E-state index contributed by atoms with van der Waals surface area (Å²) in [6, 6.07) is 4.28. The van der Waals surface area contributed by atoms with Crippen LogP contribution >= 0.6 is 0 Å². The Hall–Kier alpha value is -1.29. The molecule has 0 radical (unpaired) electrons. The van der Waals surface area contributed by atoms with Gasteiger partial charge in [0.15, 0.2) is 11.6 Å². The molecular weight excluding hydrogens is 204 g/mol. The molecule has 1 aromatic heterocycles. The zero-order valence-electron chi connectivity index (χ0n) is 9.59. The molecule has 0 bridgehead atoms. The van der Waals surface area contributed by atoms with Crippen molar-refractivity contribution in [2.75, 3.05) is 25.2 Å². The van der Waals surface area contributed by atoms with Gasteiger partial charge in [-0.2, -0.15) is 0 Å². The lowest BCUT2D eigenvalue weighted by atomic mass is 9.91. The van der Waals surface area contributed by atoms with Gasteiger partial charge in [-0.1, -0.05) is 0 Å². The van der Waals surface area contributed by atoms with Gasteiger partial charge < -0.3 is 14.7 Å². The molecule has 4 heteroatoms. The summed E-state index contributed by atoms with van der Waals surface area (Å²) in [4.78, 5) is 6.52. The number of hydrogen-bond donors (Lipinski definition) is 1. The highest BCUT2D eigenvalue weighted by Crippen LogP contribution is 2.33. The van der Waals surface area contributed by atoms with Crippen LogP contribution in [0.4, 0.5) is 5.82 Å². The van der Waals surface area contributed by atoms with Crippen LogP contribution < -0.4 is 9.64 Å². The molecule has 4 nitrogen and oxygen atoms in total. The molecule has 1 aliphatic rings. The lowest BCUT2D eigenvalue weighted by Crippen LogP contribution is -2.42. The van der Waals surface area contributed by atoms with Gasteiger partial charge in [-0.05, 0) is 31.4 Å². The Balaban J connectivity index is 2.22. The second-order valence-electron chi connectivity index (χ2n) is 4.03. The number of rotatable bonds is 5. The minimum Gasteiger partial charge on any atom is -0.493 e. The van der Waals surface area contributed by atoms with Crippen LogP contribution in [0.1, 0.15) is 19.3 Å². The lowest BCUT2D eigenvalue weighted by molar-refractivity contribution is 0.281. The van der Waals surface area contributed by atoms with Crippen molar-refractivity contribution in [3.8, 4) is 5.75 Å². The molecule has 0 atom stereocenters. The SMILES string of the molecule is COc1cccnc1N(CCO)C1CCC1. The van der Waals surface area contributed by atoms with Gasteiger partial charge in [-0.25, -0.2) is 4.98 Å². The van der Waals surface area contributed by atoms with Gasteiger partial charge >= 0.3 is 0 Å². The highest BCUT2D eigenvalue weighted by Gasteiger charge is 2.27. The van der Waals surface area contributed by atoms with E-state index in [1.807, 2.05) is 12.1 Å². The molecule has 1 N–H and O–H groups in total. The predicted molar refractivity (Wildman–Crippen MR) is 62.9 cm³/mol. The van der Waals surface area contributed by atoms with Gasteiger partial charge in [0.1, 0.15) is 0 Å². The van der Waals surface area contributed by atoms with Gasteiger partial charge in [0.2, 0.25) is 0 Å². The first-order valence-electron chi connectivity index (χ1n) is 5.73. The molecule has 2 rings (SSSR count). The number of hydrogen-bond acceptors (Lipinski definition) is 4. The van der Waals surface area contributed by atoms with E-state index in [9.17, 15) is 0 Å². The second-order valence-corrected chi connectivity index (χ2v) is 4.03. The first kappa shape index (κ1) is 11.2. The summed E-state index contributed by atoms with van der Waals surface area (Å²) >= 11 is 0. The highest BCUT2D eigenvalue weighted by atomic mass is 16.5. The summed E-state index contributed by atoms with van der Waals surface area (Å²) in [5.41, 5.74) is 0. The molecule has 1 fully saturated rings. The minimum absolute atomic E-state index is 0.149. The molecule has 16 heavy (non-hydrogen) atoms. The summed E-state index contributed by atoms with van der Waals surface area (Å²) in [6.07, 6.45) is 5.39. The molecule has 0 saturated heterocycles. The van der Waals surface area contributed by atoms with E-state index >= 15 is 0 Å². The number of aliphatic hydroxyl groups excluding tert-OH is 1. The Morgan fingerprint density at radius 1 is 1.56 bits per heavy atom. The molecule has 1 heterocycles. The number of ether oxygens (including phenoxy) is 1. The third-order valence-corrected chi connectivity index (χ3v) is 3.10. The number of anilines is 1. The van der Waals surface area contributed by atoms with Crippen LogP contribution in [-0.2, 0) is 0 Å². The molecule has 0 aliphatic heterocycles. The van der Waals surface area contributed by atoms with E-state index in [0.717, 1.165) is 11.6 Å². The van der Waals surface area contributed by atoms with E-state index in [1.54, 1.807) is 13.3 Å². The van der Waals surface area contributed by atoms with Gasteiger partial charge in [0, 0.05) is 18.8 Å². The zero-order valence-corrected chi connectivity index (χ0v) is 9.59. The largest absolute Gasteiger partial charge is 0.493 e. The molecule has 0 aromatic carbocycles. The Bertz CT molecular complexity index is 340. The first-order valence-corrected chi connectivity index (χ1v) is 5.73. The molecule has 1 saturated carbocycles. The maximum absolute atomic E-state index is 9.12. The predicted octanol–water partition coefficient (Wildman–Crippen LogP) is 1.44. The summed E-state index contributed by atoms with van der Waals surface area (Å²) in [5.74, 6) is 1.63. The maximum atomic E-state index is 9.12. The maximum Gasteiger partial charge on any atom is 0.171 e. The summed E-state index contributed by atoms with van der Waals surface area (Å²) in [6.45, 7) is 0.772. The van der Waals surface area contributed by atoms with Crippen molar-refractivity contribution in [1.29, 1.82) is 0 Å². The summed E-state index contributed by atoms with van der Waals surface area (Å²) < 4.78 is 5.31. The fourth-order valence-electron chi connectivity index (χ4n) is 2.02. The van der Waals surface area contributed by atoms with Crippen molar-refractivity contribution in [3.63, 3.8) is 0 Å². The summed E-state index contributed by atoms with van der Waals surface area (Å²) in [7, 11) is 1.65. The monoisotopic (exact) mass is 222 g/mol. The molecule has 88 valence electrons. The molecule has 0 amide bonds. The fourth-order valence-corrected chi connectivity index (χ4v) is 2.02. The standard InChI is InChI=1S/C12H18N2O2/c1-16-11-6-3-7-13-12(11)14(8-9-15)10-4-2-5-10/h3,6-7,10,15H,2,4-5,8-9H2,1H3.